The Morgan fingerprint density at radius 3 is 3.17 bits per heavy atom. The first-order chi connectivity index (χ1) is 5.83. The molecule has 5 heteroatoms. The van der Waals surface area contributed by atoms with E-state index in [1.54, 1.807) is 0 Å². The summed E-state index contributed by atoms with van der Waals surface area (Å²) < 4.78 is 15.8. The van der Waals surface area contributed by atoms with Crippen molar-refractivity contribution in [2.45, 2.75) is 18.3 Å². The number of hydrogen-bond donors (Lipinski definition) is 0. The van der Waals surface area contributed by atoms with Gasteiger partial charge in [-0.2, -0.15) is 0 Å². The van der Waals surface area contributed by atoms with E-state index in [1.165, 1.54) is 12.0 Å². The Labute approximate surface area is 74.8 Å². The molecule has 3 atom stereocenters. The average molecular weight is 190 g/mol. The van der Waals surface area contributed by atoms with Gasteiger partial charge in [0, 0.05) is 6.26 Å². The van der Waals surface area contributed by atoms with Gasteiger partial charge in [-0.3, -0.25) is 4.79 Å². The van der Waals surface area contributed by atoms with E-state index in [0.29, 0.717) is 6.61 Å². The Balaban J connectivity index is 2.00. The van der Waals surface area contributed by atoms with Crippen LogP contribution in [0.2, 0.25) is 0 Å². The smallest absolute Gasteiger partial charge is 0.189 e. The first-order valence-electron chi connectivity index (χ1n) is 3.78. The summed E-state index contributed by atoms with van der Waals surface area (Å²) in [6.45, 7) is 0.630. The highest BCUT2D eigenvalue weighted by Crippen LogP contribution is 2.27. The summed E-state index contributed by atoms with van der Waals surface area (Å²) in [5.41, 5.74) is 0. The molecular formula is C7H10O4S. The van der Waals surface area contributed by atoms with Crippen LogP contribution in [-0.4, -0.2) is 43.6 Å². The van der Waals surface area contributed by atoms with Gasteiger partial charge in [0.2, 0.25) is 0 Å². The van der Waals surface area contributed by atoms with Gasteiger partial charge in [0.1, 0.15) is 24.9 Å². The van der Waals surface area contributed by atoms with Gasteiger partial charge >= 0.3 is 0 Å². The van der Waals surface area contributed by atoms with Crippen LogP contribution in [0.4, 0.5) is 0 Å². The maximum atomic E-state index is 11.1. The molecule has 0 aliphatic carbocycles. The lowest BCUT2D eigenvalue weighted by atomic mass is 10.1. The lowest BCUT2D eigenvalue weighted by Gasteiger charge is -2.12. The minimum absolute atomic E-state index is 0.0344. The van der Waals surface area contributed by atoms with E-state index in [2.05, 4.69) is 0 Å². The number of fused-ring (bicyclic) bond motifs is 1. The molecule has 4 nitrogen and oxygen atoms in total. The second-order valence-corrected chi connectivity index (χ2v) is 3.32. The molecule has 0 unspecified atom stereocenters. The summed E-state index contributed by atoms with van der Waals surface area (Å²) >= 11 is 1.28. The SMILES string of the molecule is CSO[C@@H]1CO[C@@H]2C(=O)CO[C@@H]21. The maximum absolute atomic E-state index is 11.1. The average Bonchev–Trinajstić information content (AvgIpc) is 2.58. The van der Waals surface area contributed by atoms with Crippen LogP contribution in [-0.2, 0) is 18.5 Å². The van der Waals surface area contributed by atoms with E-state index < -0.39 is 0 Å². The molecule has 2 aliphatic rings. The first kappa shape index (κ1) is 8.50. The highest BCUT2D eigenvalue weighted by atomic mass is 32.2. The second-order valence-electron chi connectivity index (χ2n) is 2.80. The van der Waals surface area contributed by atoms with Crippen molar-refractivity contribution in [1.82, 2.24) is 0 Å². The maximum Gasteiger partial charge on any atom is 0.189 e. The number of carbonyl (C=O) groups is 1. The van der Waals surface area contributed by atoms with Crippen LogP contribution >= 0.6 is 12.0 Å². The van der Waals surface area contributed by atoms with Crippen LogP contribution in [0.5, 0.6) is 0 Å². The van der Waals surface area contributed by atoms with Crippen LogP contribution in [0.3, 0.4) is 0 Å². The highest BCUT2D eigenvalue weighted by Gasteiger charge is 2.47. The van der Waals surface area contributed by atoms with Gasteiger partial charge in [-0.25, -0.2) is 0 Å². The summed E-state index contributed by atoms with van der Waals surface area (Å²) in [6, 6.07) is 0. The predicted molar refractivity (Wildman–Crippen MR) is 42.9 cm³/mol. The first-order valence-corrected chi connectivity index (χ1v) is 4.93. The Bertz CT molecular complexity index is 196. The Morgan fingerprint density at radius 2 is 2.42 bits per heavy atom. The third kappa shape index (κ3) is 1.26. The lowest BCUT2D eigenvalue weighted by Crippen LogP contribution is -2.29. The van der Waals surface area contributed by atoms with E-state index in [1.807, 2.05) is 6.26 Å². The largest absolute Gasteiger partial charge is 0.365 e. The van der Waals surface area contributed by atoms with Crippen LogP contribution in [0.25, 0.3) is 0 Å². The summed E-state index contributed by atoms with van der Waals surface area (Å²) in [4.78, 5) is 11.1. The molecule has 0 N–H and O–H groups in total. The molecule has 68 valence electrons. The fraction of sp³-hybridized carbons (Fsp3) is 0.857. The van der Waals surface area contributed by atoms with E-state index in [4.69, 9.17) is 13.7 Å². The van der Waals surface area contributed by atoms with Crippen LogP contribution < -0.4 is 0 Å². The van der Waals surface area contributed by atoms with Crippen molar-refractivity contribution in [3.05, 3.63) is 0 Å². The van der Waals surface area contributed by atoms with Crippen molar-refractivity contribution >= 4 is 17.8 Å². The fourth-order valence-electron chi connectivity index (χ4n) is 1.52. The van der Waals surface area contributed by atoms with Crippen LogP contribution in [0.1, 0.15) is 0 Å². The molecule has 2 heterocycles. The molecular weight excluding hydrogens is 180 g/mol. The molecule has 0 bridgehead atoms. The number of hydrogen-bond acceptors (Lipinski definition) is 5. The third-order valence-corrected chi connectivity index (χ3v) is 2.50. The van der Waals surface area contributed by atoms with Crippen LogP contribution in [0, 0.1) is 0 Å². The number of ether oxygens (including phenoxy) is 2. The predicted octanol–water partition coefficient (Wildman–Crippen LogP) is 0.0163. The third-order valence-electron chi connectivity index (χ3n) is 2.06. The number of carbonyl (C=O) groups excluding carboxylic acids is 1. The Morgan fingerprint density at radius 1 is 1.58 bits per heavy atom. The molecule has 12 heavy (non-hydrogen) atoms. The monoisotopic (exact) mass is 190 g/mol. The second kappa shape index (κ2) is 3.33. The normalized spacial score (nSPS) is 40.4. The molecule has 0 radical (unpaired) electrons. The standard InChI is InChI=1S/C7H10O4S/c1-12-11-5-3-10-6-4(8)2-9-7(5)6/h5-7H,2-3H2,1H3/t5-,6-,7-/m1/s1. The molecule has 0 aromatic carbocycles. The van der Waals surface area contributed by atoms with Gasteiger partial charge in [0.15, 0.2) is 5.78 Å². The summed E-state index contributed by atoms with van der Waals surface area (Å²) in [5.74, 6) is 0.0344. The molecule has 0 saturated carbocycles. The minimum Gasteiger partial charge on any atom is -0.365 e. The van der Waals surface area contributed by atoms with Gasteiger partial charge in [0.25, 0.3) is 0 Å². The molecule has 2 fully saturated rings. The van der Waals surface area contributed by atoms with Crippen molar-refractivity contribution in [3.8, 4) is 0 Å². The van der Waals surface area contributed by atoms with E-state index in [-0.39, 0.29) is 30.7 Å². The molecule has 2 aliphatic heterocycles. The summed E-state index contributed by atoms with van der Waals surface area (Å²) in [6.07, 6.45) is 1.20. The molecule has 0 spiro atoms. The topological polar surface area (TPSA) is 44.8 Å². The Hall–Kier alpha value is -0.100. The summed E-state index contributed by atoms with van der Waals surface area (Å²) in [7, 11) is 0. The molecule has 2 saturated heterocycles. The zero-order valence-electron chi connectivity index (χ0n) is 6.69. The number of rotatable bonds is 2. The van der Waals surface area contributed by atoms with E-state index in [9.17, 15) is 4.79 Å². The van der Waals surface area contributed by atoms with Gasteiger partial charge in [-0.05, 0) is 12.0 Å². The van der Waals surface area contributed by atoms with Crippen molar-refractivity contribution < 1.29 is 18.5 Å². The van der Waals surface area contributed by atoms with E-state index in [0.717, 1.165) is 0 Å². The van der Waals surface area contributed by atoms with Crippen LogP contribution in [0.15, 0.2) is 0 Å². The highest BCUT2D eigenvalue weighted by molar-refractivity contribution is 7.93. The van der Waals surface area contributed by atoms with Gasteiger partial charge < -0.3 is 13.7 Å². The minimum atomic E-state index is -0.373. The molecule has 0 aromatic rings. The quantitative estimate of drug-likeness (QED) is 0.574. The van der Waals surface area contributed by atoms with Gasteiger partial charge in [-0.15, -0.1) is 0 Å². The number of Topliss-reactive ketones (excluding diaryl/α,β-unsaturated/α-hetero) is 1. The van der Waals surface area contributed by atoms with Crippen molar-refractivity contribution in [2.75, 3.05) is 19.5 Å². The Kier molecular flexibility index (Phi) is 2.36. The van der Waals surface area contributed by atoms with Crippen molar-refractivity contribution in [1.29, 1.82) is 0 Å². The van der Waals surface area contributed by atoms with Crippen molar-refractivity contribution in [3.63, 3.8) is 0 Å². The molecule has 2 rings (SSSR count). The lowest BCUT2D eigenvalue weighted by molar-refractivity contribution is -0.125. The fourth-order valence-corrected chi connectivity index (χ4v) is 1.93. The van der Waals surface area contributed by atoms with Gasteiger partial charge in [0.05, 0.1) is 6.61 Å². The number of ketones is 1. The van der Waals surface area contributed by atoms with Crippen molar-refractivity contribution in [2.24, 2.45) is 0 Å². The van der Waals surface area contributed by atoms with Gasteiger partial charge in [-0.1, -0.05) is 0 Å². The van der Waals surface area contributed by atoms with E-state index >= 15 is 0 Å². The molecule has 0 amide bonds. The molecule has 0 aromatic heterocycles. The summed E-state index contributed by atoms with van der Waals surface area (Å²) in [5, 5.41) is 0. The zero-order chi connectivity index (χ0) is 8.55. The zero-order valence-corrected chi connectivity index (χ0v) is 7.50.